The Balaban J connectivity index is 1.46. The van der Waals surface area contributed by atoms with Gasteiger partial charge in [-0.05, 0) is 36.4 Å². The Hall–Kier alpha value is -1.81. The largest absolute Gasteiger partial charge is 0.371 e. The lowest BCUT2D eigenvalue weighted by atomic mass is 10.0. The highest BCUT2D eigenvalue weighted by Gasteiger charge is 2.20. The number of hydrogen-bond acceptors (Lipinski definition) is 3. The van der Waals surface area contributed by atoms with Gasteiger partial charge in [0, 0.05) is 29.7 Å². The van der Waals surface area contributed by atoms with E-state index in [4.69, 9.17) is 0 Å². The van der Waals surface area contributed by atoms with Gasteiger partial charge in [0.05, 0.1) is 6.42 Å². The minimum atomic E-state index is 0.149. The molecule has 1 aromatic carbocycles. The molecule has 110 valence electrons. The zero-order valence-corrected chi connectivity index (χ0v) is 12.8. The van der Waals surface area contributed by atoms with Gasteiger partial charge < -0.3 is 10.2 Å². The van der Waals surface area contributed by atoms with Crippen molar-refractivity contribution < 1.29 is 4.79 Å². The van der Waals surface area contributed by atoms with Crippen molar-refractivity contribution >= 4 is 22.9 Å². The molecule has 0 bridgehead atoms. The maximum Gasteiger partial charge on any atom is 0.225 e. The van der Waals surface area contributed by atoms with Crippen molar-refractivity contribution in [1.82, 2.24) is 5.32 Å². The molecule has 0 atom stereocenters. The fraction of sp³-hybridized carbons (Fsp3) is 0.353. The molecular weight excluding hydrogens is 280 g/mol. The number of nitrogens with one attached hydrogen (secondary N) is 1. The first-order chi connectivity index (χ1) is 10.3. The number of benzene rings is 1. The van der Waals surface area contributed by atoms with E-state index in [1.165, 1.54) is 5.69 Å². The molecular formula is C17H20N2OS. The summed E-state index contributed by atoms with van der Waals surface area (Å²) in [6, 6.07) is 14.8. The Morgan fingerprint density at radius 1 is 1.14 bits per heavy atom. The summed E-state index contributed by atoms with van der Waals surface area (Å²) in [5, 5.41) is 5.19. The second-order valence-electron chi connectivity index (χ2n) is 5.42. The van der Waals surface area contributed by atoms with Crippen LogP contribution in [0.5, 0.6) is 0 Å². The van der Waals surface area contributed by atoms with Crippen molar-refractivity contribution in [2.75, 3.05) is 18.0 Å². The average molecular weight is 300 g/mol. The minimum absolute atomic E-state index is 0.149. The summed E-state index contributed by atoms with van der Waals surface area (Å²) in [6.07, 6.45) is 2.55. The van der Waals surface area contributed by atoms with Gasteiger partial charge in [0.25, 0.3) is 0 Å². The van der Waals surface area contributed by atoms with Crippen molar-refractivity contribution in [3.63, 3.8) is 0 Å². The standard InChI is InChI=1S/C17H20N2OS/c20-17(13-16-7-4-12-21-16)18-14-8-10-19(11-9-14)15-5-2-1-3-6-15/h1-7,12,14H,8-11,13H2,(H,18,20). The van der Waals surface area contributed by atoms with E-state index in [2.05, 4.69) is 34.5 Å². The van der Waals surface area contributed by atoms with Gasteiger partial charge in [-0.2, -0.15) is 0 Å². The van der Waals surface area contributed by atoms with Crippen molar-refractivity contribution in [3.05, 3.63) is 52.7 Å². The molecule has 1 aromatic heterocycles. The Morgan fingerprint density at radius 2 is 1.90 bits per heavy atom. The van der Waals surface area contributed by atoms with Crippen molar-refractivity contribution in [2.24, 2.45) is 0 Å². The Kier molecular flexibility index (Phi) is 4.55. The Bertz CT molecular complexity index is 560. The number of carbonyl (C=O) groups is 1. The van der Waals surface area contributed by atoms with Crippen LogP contribution in [0.3, 0.4) is 0 Å². The van der Waals surface area contributed by atoms with Crippen molar-refractivity contribution in [2.45, 2.75) is 25.3 Å². The topological polar surface area (TPSA) is 32.3 Å². The predicted octanol–water partition coefficient (Wildman–Crippen LogP) is 3.08. The Morgan fingerprint density at radius 3 is 2.57 bits per heavy atom. The predicted molar refractivity (Wildman–Crippen MR) is 87.8 cm³/mol. The first kappa shape index (κ1) is 14.1. The SMILES string of the molecule is O=C(Cc1cccs1)NC1CCN(c2ccccc2)CC1. The number of thiophene rings is 1. The summed E-state index contributed by atoms with van der Waals surface area (Å²) in [4.78, 5) is 15.5. The third-order valence-electron chi connectivity index (χ3n) is 3.90. The van der Waals surface area contributed by atoms with E-state index < -0.39 is 0 Å². The van der Waals surface area contributed by atoms with Crippen LogP contribution in [0.4, 0.5) is 5.69 Å². The molecule has 0 radical (unpaired) electrons. The number of rotatable bonds is 4. The number of nitrogens with zero attached hydrogens (tertiary/aromatic N) is 1. The highest BCUT2D eigenvalue weighted by molar-refractivity contribution is 7.10. The molecule has 2 aromatic rings. The molecule has 0 spiro atoms. The lowest BCUT2D eigenvalue weighted by Gasteiger charge is -2.34. The van der Waals surface area contributed by atoms with Crippen LogP contribution in [-0.4, -0.2) is 25.0 Å². The smallest absolute Gasteiger partial charge is 0.225 e. The quantitative estimate of drug-likeness (QED) is 0.941. The fourth-order valence-electron chi connectivity index (χ4n) is 2.77. The molecule has 21 heavy (non-hydrogen) atoms. The molecule has 1 fully saturated rings. The summed E-state index contributed by atoms with van der Waals surface area (Å²) in [7, 11) is 0. The summed E-state index contributed by atoms with van der Waals surface area (Å²) in [6.45, 7) is 2.02. The molecule has 0 unspecified atom stereocenters. The maximum atomic E-state index is 12.0. The molecule has 1 aliphatic heterocycles. The van der Waals surface area contributed by atoms with Crippen LogP contribution < -0.4 is 10.2 Å². The van der Waals surface area contributed by atoms with Gasteiger partial charge in [0.1, 0.15) is 0 Å². The second kappa shape index (κ2) is 6.76. The van der Waals surface area contributed by atoms with Gasteiger partial charge in [0.2, 0.25) is 5.91 Å². The van der Waals surface area contributed by atoms with E-state index in [9.17, 15) is 4.79 Å². The first-order valence-corrected chi connectivity index (χ1v) is 8.31. The first-order valence-electron chi connectivity index (χ1n) is 7.43. The maximum absolute atomic E-state index is 12.0. The summed E-state index contributed by atoms with van der Waals surface area (Å²) in [5.74, 6) is 0.149. The van der Waals surface area contributed by atoms with Crippen molar-refractivity contribution in [1.29, 1.82) is 0 Å². The van der Waals surface area contributed by atoms with Crippen LogP contribution in [0.2, 0.25) is 0 Å². The van der Waals surface area contributed by atoms with E-state index in [0.29, 0.717) is 12.5 Å². The van der Waals surface area contributed by atoms with Gasteiger partial charge >= 0.3 is 0 Å². The van der Waals surface area contributed by atoms with Crippen LogP contribution >= 0.6 is 11.3 Å². The van der Waals surface area contributed by atoms with E-state index in [1.54, 1.807) is 11.3 Å². The molecule has 0 aliphatic carbocycles. The van der Waals surface area contributed by atoms with Crippen LogP contribution in [0, 0.1) is 0 Å². The second-order valence-corrected chi connectivity index (χ2v) is 6.45. The zero-order valence-electron chi connectivity index (χ0n) is 12.0. The average Bonchev–Trinajstić information content (AvgIpc) is 3.02. The highest BCUT2D eigenvalue weighted by atomic mass is 32.1. The molecule has 0 saturated carbocycles. The molecule has 1 saturated heterocycles. The highest BCUT2D eigenvalue weighted by Crippen LogP contribution is 2.19. The van der Waals surface area contributed by atoms with E-state index >= 15 is 0 Å². The van der Waals surface area contributed by atoms with Gasteiger partial charge in [-0.25, -0.2) is 0 Å². The Labute approximate surface area is 129 Å². The monoisotopic (exact) mass is 300 g/mol. The normalized spacial score (nSPS) is 15.9. The molecule has 2 heterocycles. The van der Waals surface area contributed by atoms with Gasteiger partial charge in [-0.1, -0.05) is 24.3 Å². The zero-order chi connectivity index (χ0) is 14.5. The summed E-state index contributed by atoms with van der Waals surface area (Å²) >= 11 is 1.64. The number of anilines is 1. The molecule has 3 rings (SSSR count). The molecule has 1 aliphatic rings. The molecule has 1 N–H and O–H groups in total. The number of amides is 1. The number of piperidine rings is 1. The van der Waals surface area contributed by atoms with Gasteiger partial charge in [-0.15, -0.1) is 11.3 Å². The lowest BCUT2D eigenvalue weighted by Crippen LogP contribution is -2.45. The third-order valence-corrected chi connectivity index (χ3v) is 4.77. The van der Waals surface area contributed by atoms with E-state index in [1.807, 2.05) is 23.6 Å². The summed E-state index contributed by atoms with van der Waals surface area (Å²) in [5.41, 5.74) is 1.28. The minimum Gasteiger partial charge on any atom is -0.371 e. The van der Waals surface area contributed by atoms with Crippen LogP contribution in [0.1, 0.15) is 17.7 Å². The van der Waals surface area contributed by atoms with Crippen LogP contribution in [-0.2, 0) is 11.2 Å². The molecule has 1 amide bonds. The van der Waals surface area contributed by atoms with Crippen LogP contribution in [0.25, 0.3) is 0 Å². The number of hydrogen-bond donors (Lipinski definition) is 1. The molecule has 3 nitrogen and oxygen atoms in total. The van der Waals surface area contributed by atoms with E-state index in [-0.39, 0.29) is 5.91 Å². The number of para-hydroxylation sites is 1. The summed E-state index contributed by atoms with van der Waals surface area (Å²) < 4.78 is 0. The third kappa shape index (κ3) is 3.85. The molecule has 4 heteroatoms. The van der Waals surface area contributed by atoms with Crippen molar-refractivity contribution in [3.8, 4) is 0 Å². The number of carbonyl (C=O) groups excluding carboxylic acids is 1. The van der Waals surface area contributed by atoms with Crippen LogP contribution in [0.15, 0.2) is 47.8 Å². The van der Waals surface area contributed by atoms with Gasteiger partial charge in [0.15, 0.2) is 0 Å². The lowest BCUT2D eigenvalue weighted by molar-refractivity contribution is -0.121. The van der Waals surface area contributed by atoms with Gasteiger partial charge in [-0.3, -0.25) is 4.79 Å². The fourth-order valence-corrected chi connectivity index (χ4v) is 3.47. The van der Waals surface area contributed by atoms with E-state index in [0.717, 1.165) is 30.8 Å².